The summed E-state index contributed by atoms with van der Waals surface area (Å²) in [6, 6.07) is 16.9. The lowest BCUT2D eigenvalue weighted by Crippen LogP contribution is -2.33. The smallest absolute Gasteiger partial charge is 0.263 e. The first-order valence-electron chi connectivity index (χ1n) is 11.2. The fourth-order valence-corrected chi connectivity index (χ4v) is 5.91. The predicted molar refractivity (Wildman–Crippen MR) is 144 cm³/mol. The van der Waals surface area contributed by atoms with Gasteiger partial charge in [0.1, 0.15) is 5.75 Å². The standard InChI is InChI=1S/C27H24N2O4S2/c1-32-13-5-11-28(23-8-4-14-34-23)27(31)22-17-21(19-6-3-7-20(16-19)33-2)26(30)29-12-9-18-10-15-35-25(18)24(22)29/h3-4,6-10,12,14-17H,5,11,13H2,1-2H3. The Balaban J connectivity index is 1.76. The Bertz CT molecular complexity index is 1550. The second-order valence-electron chi connectivity index (χ2n) is 8.00. The predicted octanol–water partition coefficient (Wildman–Crippen LogP) is 5.93. The van der Waals surface area contributed by atoms with E-state index in [9.17, 15) is 9.59 Å². The van der Waals surface area contributed by atoms with Gasteiger partial charge in [-0.05, 0) is 70.6 Å². The number of carbonyl (C=O) groups is 1. The Kier molecular flexibility index (Phi) is 6.68. The lowest BCUT2D eigenvalue weighted by atomic mass is 10.0. The van der Waals surface area contributed by atoms with Crippen LogP contribution in [0.3, 0.4) is 0 Å². The van der Waals surface area contributed by atoms with Crippen LogP contribution in [0.2, 0.25) is 0 Å². The fourth-order valence-electron chi connectivity index (χ4n) is 4.22. The number of ether oxygens (including phenoxy) is 2. The molecule has 5 aromatic rings. The molecule has 1 amide bonds. The van der Waals surface area contributed by atoms with E-state index in [4.69, 9.17) is 9.47 Å². The molecular weight excluding hydrogens is 480 g/mol. The van der Waals surface area contributed by atoms with Gasteiger partial charge in [0.05, 0.1) is 27.9 Å². The summed E-state index contributed by atoms with van der Waals surface area (Å²) in [7, 11) is 3.25. The molecule has 178 valence electrons. The van der Waals surface area contributed by atoms with E-state index < -0.39 is 0 Å². The summed E-state index contributed by atoms with van der Waals surface area (Å²) >= 11 is 3.04. The third-order valence-corrected chi connectivity index (χ3v) is 7.73. The lowest BCUT2D eigenvalue weighted by Gasteiger charge is -2.22. The first-order chi connectivity index (χ1) is 17.1. The van der Waals surface area contributed by atoms with Gasteiger partial charge in [-0.15, -0.1) is 22.7 Å². The van der Waals surface area contributed by atoms with Crippen molar-refractivity contribution in [2.24, 2.45) is 0 Å². The Labute approximate surface area is 210 Å². The van der Waals surface area contributed by atoms with Gasteiger partial charge in [0, 0.05) is 32.0 Å². The van der Waals surface area contributed by atoms with Crippen LogP contribution in [0.25, 0.3) is 26.7 Å². The lowest BCUT2D eigenvalue weighted by molar-refractivity contribution is 0.0985. The molecule has 0 saturated heterocycles. The molecule has 6 nitrogen and oxygen atoms in total. The van der Waals surface area contributed by atoms with Crippen molar-refractivity contribution in [3.05, 3.63) is 87.5 Å². The van der Waals surface area contributed by atoms with Crippen molar-refractivity contribution < 1.29 is 14.3 Å². The summed E-state index contributed by atoms with van der Waals surface area (Å²) in [6.45, 7) is 1.06. The maximum absolute atomic E-state index is 14.2. The highest BCUT2D eigenvalue weighted by molar-refractivity contribution is 7.18. The van der Waals surface area contributed by atoms with Gasteiger partial charge in [-0.25, -0.2) is 0 Å². The molecule has 0 aliphatic carbocycles. The van der Waals surface area contributed by atoms with E-state index in [1.54, 1.807) is 35.8 Å². The first-order valence-corrected chi connectivity index (χ1v) is 12.9. The van der Waals surface area contributed by atoms with Crippen molar-refractivity contribution >= 4 is 49.2 Å². The molecule has 0 spiro atoms. The molecular formula is C27H24N2O4S2. The number of rotatable bonds is 8. The number of hydrogen-bond acceptors (Lipinski definition) is 6. The zero-order valence-corrected chi connectivity index (χ0v) is 21.0. The summed E-state index contributed by atoms with van der Waals surface area (Å²) in [5.74, 6) is 0.499. The number of pyridine rings is 2. The molecule has 1 aromatic carbocycles. The third-order valence-electron chi connectivity index (χ3n) is 5.91. The number of fused-ring (bicyclic) bond motifs is 3. The van der Waals surface area contributed by atoms with E-state index >= 15 is 0 Å². The van der Waals surface area contributed by atoms with E-state index in [0.717, 1.165) is 15.1 Å². The van der Waals surface area contributed by atoms with Crippen LogP contribution in [-0.2, 0) is 4.74 Å². The van der Waals surface area contributed by atoms with Gasteiger partial charge in [0.15, 0.2) is 0 Å². The molecule has 0 bridgehead atoms. The van der Waals surface area contributed by atoms with E-state index in [1.165, 1.54) is 22.7 Å². The summed E-state index contributed by atoms with van der Waals surface area (Å²) in [5.41, 5.74) is 2.09. The van der Waals surface area contributed by atoms with Crippen LogP contribution in [0, 0.1) is 0 Å². The molecule has 4 heterocycles. The highest BCUT2D eigenvalue weighted by Crippen LogP contribution is 2.32. The van der Waals surface area contributed by atoms with Gasteiger partial charge in [-0.3, -0.25) is 18.9 Å². The number of hydrogen-bond donors (Lipinski definition) is 0. The van der Waals surface area contributed by atoms with Crippen LogP contribution in [0.1, 0.15) is 16.8 Å². The van der Waals surface area contributed by atoms with Gasteiger partial charge < -0.3 is 9.47 Å². The maximum atomic E-state index is 14.2. The molecule has 35 heavy (non-hydrogen) atoms. The Morgan fingerprint density at radius 2 is 1.91 bits per heavy atom. The van der Waals surface area contributed by atoms with Crippen LogP contribution in [0.15, 0.2) is 76.3 Å². The summed E-state index contributed by atoms with van der Waals surface area (Å²) in [4.78, 5) is 29.6. The van der Waals surface area contributed by atoms with Gasteiger partial charge in [0.25, 0.3) is 11.5 Å². The zero-order chi connectivity index (χ0) is 24.4. The second kappa shape index (κ2) is 10.0. The maximum Gasteiger partial charge on any atom is 0.263 e. The molecule has 0 N–H and O–H groups in total. The van der Waals surface area contributed by atoms with E-state index in [2.05, 4.69) is 0 Å². The van der Waals surface area contributed by atoms with Gasteiger partial charge in [-0.1, -0.05) is 12.1 Å². The normalized spacial score (nSPS) is 11.3. The number of nitrogens with zero attached hydrogens (tertiary/aromatic N) is 2. The molecule has 0 unspecified atom stereocenters. The second-order valence-corrected chi connectivity index (χ2v) is 9.84. The minimum absolute atomic E-state index is 0.147. The Morgan fingerprint density at radius 1 is 1.03 bits per heavy atom. The van der Waals surface area contributed by atoms with Crippen LogP contribution in [0.4, 0.5) is 5.00 Å². The number of benzene rings is 1. The molecule has 8 heteroatoms. The highest BCUT2D eigenvalue weighted by Gasteiger charge is 2.24. The van der Waals surface area contributed by atoms with E-state index in [-0.39, 0.29) is 11.5 Å². The van der Waals surface area contributed by atoms with Crippen LogP contribution in [0.5, 0.6) is 5.75 Å². The van der Waals surface area contributed by atoms with Crippen molar-refractivity contribution in [1.29, 1.82) is 0 Å². The largest absolute Gasteiger partial charge is 0.497 e. The molecule has 5 rings (SSSR count). The minimum atomic E-state index is -0.179. The molecule has 0 radical (unpaired) electrons. The van der Waals surface area contributed by atoms with Crippen molar-refractivity contribution in [3.63, 3.8) is 0 Å². The number of thiophene rings is 2. The topological polar surface area (TPSA) is 60.2 Å². The molecule has 0 aliphatic rings. The van der Waals surface area contributed by atoms with Crippen LogP contribution >= 0.6 is 22.7 Å². The van der Waals surface area contributed by atoms with Crippen LogP contribution < -0.4 is 15.2 Å². The first kappa shape index (κ1) is 23.3. The fraction of sp³-hybridized carbons (Fsp3) is 0.185. The zero-order valence-electron chi connectivity index (χ0n) is 19.4. The molecule has 0 fully saturated rings. The van der Waals surface area contributed by atoms with Crippen molar-refractivity contribution in [2.75, 3.05) is 32.3 Å². The number of carbonyl (C=O) groups excluding carboxylic acids is 1. The van der Waals surface area contributed by atoms with Crippen LogP contribution in [-0.4, -0.2) is 37.7 Å². The third kappa shape index (κ3) is 4.36. The number of aromatic nitrogens is 1. The minimum Gasteiger partial charge on any atom is -0.497 e. The van der Waals surface area contributed by atoms with Crippen molar-refractivity contribution in [2.45, 2.75) is 6.42 Å². The number of anilines is 1. The molecule has 0 saturated carbocycles. The highest BCUT2D eigenvalue weighted by atomic mass is 32.1. The monoisotopic (exact) mass is 504 g/mol. The van der Waals surface area contributed by atoms with E-state index in [1.807, 2.05) is 59.3 Å². The Hall–Kier alpha value is -3.46. The number of amides is 1. The summed E-state index contributed by atoms with van der Waals surface area (Å²) in [6.07, 6.45) is 2.45. The average Bonchev–Trinajstić information content (AvgIpc) is 3.59. The van der Waals surface area contributed by atoms with Gasteiger partial charge in [0.2, 0.25) is 0 Å². The SMILES string of the molecule is COCCCN(C(=O)c1cc(-c2cccc(OC)c2)c(=O)n2ccc3ccsc3c12)c1cccs1. The molecule has 4 aromatic heterocycles. The summed E-state index contributed by atoms with van der Waals surface area (Å²) < 4.78 is 13.1. The summed E-state index contributed by atoms with van der Waals surface area (Å²) in [5, 5.41) is 5.80. The molecule has 0 aliphatic heterocycles. The van der Waals surface area contributed by atoms with Gasteiger partial charge in [-0.2, -0.15) is 0 Å². The van der Waals surface area contributed by atoms with Gasteiger partial charge >= 0.3 is 0 Å². The Morgan fingerprint density at radius 3 is 2.69 bits per heavy atom. The van der Waals surface area contributed by atoms with Crippen molar-refractivity contribution in [3.8, 4) is 16.9 Å². The van der Waals surface area contributed by atoms with E-state index in [0.29, 0.717) is 47.5 Å². The quantitative estimate of drug-likeness (QED) is 0.246. The average molecular weight is 505 g/mol. The number of methoxy groups -OCH3 is 2. The molecule has 0 atom stereocenters. The van der Waals surface area contributed by atoms with Crippen molar-refractivity contribution in [1.82, 2.24) is 4.40 Å².